The van der Waals surface area contributed by atoms with Crippen molar-refractivity contribution in [3.8, 4) is 0 Å². The Morgan fingerprint density at radius 2 is 1.60 bits per heavy atom. The van der Waals surface area contributed by atoms with E-state index >= 15 is 0 Å². The van der Waals surface area contributed by atoms with Gasteiger partial charge < -0.3 is 8.85 Å². The summed E-state index contributed by atoms with van der Waals surface area (Å²) in [6, 6.07) is 2.42. The van der Waals surface area contributed by atoms with Crippen molar-refractivity contribution in [3.05, 3.63) is 6.04 Å². The molecule has 1 aliphatic carbocycles. The fourth-order valence-electron chi connectivity index (χ4n) is 2.44. The first-order valence-electron chi connectivity index (χ1n) is 6.34. The Balaban J connectivity index is 2.40. The largest absolute Gasteiger partial charge is 0.394 e. The molecular weight excluding hydrogens is 204 g/mol. The summed E-state index contributed by atoms with van der Waals surface area (Å²) in [7, 11) is -1.96. The zero-order valence-electron chi connectivity index (χ0n) is 10.4. The Morgan fingerprint density at radius 3 is 2.07 bits per heavy atom. The Hall–Kier alpha value is 0.137. The maximum absolute atomic E-state index is 5.83. The standard InChI is InChI=1S/C12H25O2Si/c1-4-13-15(3,14-5-2)11-12-9-7-6-8-10-12/h11-12H,4-10H2,1-3H3. The molecule has 89 valence electrons. The van der Waals surface area contributed by atoms with Crippen molar-refractivity contribution in [3.63, 3.8) is 0 Å². The lowest BCUT2D eigenvalue weighted by atomic mass is 9.91. The van der Waals surface area contributed by atoms with Crippen molar-refractivity contribution in [1.29, 1.82) is 0 Å². The molecule has 0 amide bonds. The lowest BCUT2D eigenvalue weighted by Crippen LogP contribution is -2.42. The van der Waals surface area contributed by atoms with Gasteiger partial charge in [0.05, 0.1) is 0 Å². The molecule has 0 aromatic carbocycles. The van der Waals surface area contributed by atoms with Gasteiger partial charge in [-0.25, -0.2) is 0 Å². The minimum absolute atomic E-state index is 0.744. The highest BCUT2D eigenvalue weighted by atomic mass is 28.4. The zero-order valence-corrected chi connectivity index (χ0v) is 11.4. The second kappa shape index (κ2) is 6.66. The molecule has 0 unspecified atom stereocenters. The molecule has 0 bridgehead atoms. The number of hydrogen-bond acceptors (Lipinski definition) is 2. The van der Waals surface area contributed by atoms with Crippen LogP contribution in [0.4, 0.5) is 0 Å². The van der Waals surface area contributed by atoms with Crippen LogP contribution < -0.4 is 0 Å². The third kappa shape index (κ3) is 4.66. The van der Waals surface area contributed by atoms with Crippen molar-refractivity contribution in [2.75, 3.05) is 13.2 Å². The number of hydrogen-bond donors (Lipinski definition) is 0. The van der Waals surface area contributed by atoms with Gasteiger partial charge in [-0.2, -0.15) is 0 Å². The summed E-state index contributed by atoms with van der Waals surface area (Å²) in [6.45, 7) is 7.82. The Bertz CT molecular complexity index is 161. The fourth-order valence-corrected chi connectivity index (χ4v) is 5.05. The first-order chi connectivity index (χ1) is 7.20. The SMILES string of the molecule is CCO[Si](C)([CH]C1CCCCC1)OCC. The third-order valence-corrected chi connectivity index (χ3v) is 5.85. The van der Waals surface area contributed by atoms with Crippen molar-refractivity contribution in [1.82, 2.24) is 0 Å². The van der Waals surface area contributed by atoms with E-state index in [-0.39, 0.29) is 0 Å². The molecule has 0 aromatic heterocycles. The van der Waals surface area contributed by atoms with Gasteiger partial charge in [0.1, 0.15) is 0 Å². The van der Waals surface area contributed by atoms with E-state index < -0.39 is 8.56 Å². The molecule has 1 saturated carbocycles. The molecule has 2 nitrogen and oxygen atoms in total. The minimum Gasteiger partial charge on any atom is -0.394 e. The van der Waals surface area contributed by atoms with Crippen LogP contribution in [-0.4, -0.2) is 21.8 Å². The first-order valence-corrected chi connectivity index (χ1v) is 8.73. The predicted molar refractivity (Wildman–Crippen MR) is 65.7 cm³/mol. The van der Waals surface area contributed by atoms with Crippen LogP contribution in [0, 0.1) is 12.0 Å². The fraction of sp³-hybridized carbons (Fsp3) is 0.917. The van der Waals surface area contributed by atoms with E-state index in [0.29, 0.717) is 0 Å². The predicted octanol–water partition coefficient (Wildman–Crippen LogP) is 3.46. The summed E-state index contributed by atoms with van der Waals surface area (Å²) in [6.07, 6.45) is 6.84. The highest BCUT2D eigenvalue weighted by molar-refractivity contribution is 6.69. The minimum atomic E-state index is -1.96. The Kier molecular flexibility index (Phi) is 5.86. The van der Waals surface area contributed by atoms with E-state index in [2.05, 4.69) is 26.4 Å². The maximum atomic E-state index is 5.83. The van der Waals surface area contributed by atoms with Crippen LogP contribution >= 0.6 is 0 Å². The average molecular weight is 229 g/mol. The van der Waals surface area contributed by atoms with Crippen molar-refractivity contribution < 1.29 is 8.85 Å². The highest BCUT2D eigenvalue weighted by Crippen LogP contribution is 2.29. The lowest BCUT2D eigenvalue weighted by molar-refractivity contribution is 0.190. The van der Waals surface area contributed by atoms with Gasteiger partial charge in [0.25, 0.3) is 0 Å². The van der Waals surface area contributed by atoms with Gasteiger partial charge in [-0.05, 0) is 26.3 Å². The van der Waals surface area contributed by atoms with E-state index in [4.69, 9.17) is 8.85 Å². The van der Waals surface area contributed by atoms with Gasteiger partial charge in [-0.15, -0.1) is 0 Å². The summed E-state index contributed by atoms with van der Waals surface area (Å²) in [5.74, 6) is 0.744. The monoisotopic (exact) mass is 229 g/mol. The molecule has 0 N–H and O–H groups in total. The zero-order chi connectivity index (χ0) is 11.1. The average Bonchev–Trinajstić information content (AvgIpc) is 2.19. The molecule has 0 aliphatic heterocycles. The smallest absolute Gasteiger partial charge is 0.338 e. The Labute approximate surface area is 95.6 Å². The molecule has 0 heterocycles. The molecule has 1 rings (SSSR count). The van der Waals surface area contributed by atoms with E-state index in [1.807, 2.05) is 0 Å². The van der Waals surface area contributed by atoms with Crippen LogP contribution in [0.2, 0.25) is 6.55 Å². The number of rotatable bonds is 6. The molecule has 1 radical (unpaired) electrons. The second-order valence-electron chi connectivity index (χ2n) is 4.45. The van der Waals surface area contributed by atoms with E-state index in [9.17, 15) is 0 Å². The first kappa shape index (κ1) is 13.2. The summed E-state index contributed by atoms with van der Waals surface area (Å²) in [5.41, 5.74) is 0. The van der Waals surface area contributed by atoms with E-state index in [1.54, 1.807) is 0 Å². The van der Waals surface area contributed by atoms with Gasteiger partial charge in [-0.1, -0.05) is 32.1 Å². The van der Waals surface area contributed by atoms with Gasteiger partial charge >= 0.3 is 8.56 Å². The van der Waals surface area contributed by atoms with Crippen molar-refractivity contribution >= 4 is 8.56 Å². The summed E-state index contributed by atoms with van der Waals surface area (Å²) in [5, 5.41) is 0. The van der Waals surface area contributed by atoms with Gasteiger partial charge in [0, 0.05) is 19.3 Å². The quantitative estimate of drug-likeness (QED) is 0.649. The van der Waals surface area contributed by atoms with Crippen LogP contribution in [0.5, 0.6) is 0 Å². The molecular formula is C12H25O2Si. The second-order valence-corrected chi connectivity index (χ2v) is 7.39. The summed E-state index contributed by atoms with van der Waals surface area (Å²) in [4.78, 5) is 0. The van der Waals surface area contributed by atoms with Crippen LogP contribution in [0.25, 0.3) is 0 Å². The summed E-state index contributed by atoms with van der Waals surface area (Å²) >= 11 is 0. The van der Waals surface area contributed by atoms with Gasteiger partial charge in [-0.3, -0.25) is 0 Å². The molecule has 0 aromatic rings. The molecule has 1 fully saturated rings. The van der Waals surface area contributed by atoms with E-state index in [1.165, 1.54) is 32.1 Å². The Morgan fingerprint density at radius 1 is 1.07 bits per heavy atom. The van der Waals surface area contributed by atoms with Crippen molar-refractivity contribution in [2.45, 2.75) is 52.5 Å². The molecule has 1 aliphatic rings. The summed E-state index contributed by atoms with van der Waals surface area (Å²) < 4.78 is 11.7. The highest BCUT2D eigenvalue weighted by Gasteiger charge is 2.34. The van der Waals surface area contributed by atoms with Crippen LogP contribution in [0.15, 0.2) is 0 Å². The van der Waals surface area contributed by atoms with Crippen LogP contribution in [0.1, 0.15) is 46.0 Å². The van der Waals surface area contributed by atoms with Crippen molar-refractivity contribution in [2.24, 2.45) is 5.92 Å². The third-order valence-electron chi connectivity index (χ3n) is 3.05. The maximum Gasteiger partial charge on any atom is 0.338 e. The molecule has 15 heavy (non-hydrogen) atoms. The molecule has 0 saturated heterocycles. The van der Waals surface area contributed by atoms with Crippen LogP contribution in [-0.2, 0) is 8.85 Å². The normalized spacial score (nSPS) is 19.4. The van der Waals surface area contributed by atoms with Gasteiger partial charge in [0.15, 0.2) is 0 Å². The molecule has 0 spiro atoms. The van der Waals surface area contributed by atoms with Gasteiger partial charge in [0.2, 0.25) is 0 Å². The lowest BCUT2D eigenvalue weighted by Gasteiger charge is -2.31. The molecule has 3 heteroatoms. The van der Waals surface area contributed by atoms with E-state index in [0.717, 1.165) is 19.1 Å². The molecule has 0 atom stereocenters. The van der Waals surface area contributed by atoms with Crippen LogP contribution in [0.3, 0.4) is 0 Å². The topological polar surface area (TPSA) is 18.5 Å².